The highest BCUT2D eigenvalue weighted by Gasteiger charge is 2.34. The Morgan fingerprint density at radius 1 is 1.25 bits per heavy atom. The van der Waals surface area contributed by atoms with Crippen molar-refractivity contribution in [2.45, 2.75) is 6.92 Å². The normalized spacial score (nSPS) is 15.6. The lowest BCUT2D eigenvalue weighted by Gasteiger charge is -2.13. The molecule has 1 aromatic carbocycles. The molecule has 1 aromatic rings. The van der Waals surface area contributed by atoms with Gasteiger partial charge in [0.25, 0.3) is 11.8 Å². The largest absolute Gasteiger partial charge is 0.270 e. The lowest BCUT2D eigenvalue weighted by Crippen LogP contribution is -2.31. The van der Waals surface area contributed by atoms with Gasteiger partial charge in [-0.3, -0.25) is 14.5 Å². The quantitative estimate of drug-likeness (QED) is 0.739. The molecular formula is C12H10ClNO2. The van der Waals surface area contributed by atoms with E-state index in [1.807, 2.05) is 0 Å². The molecule has 2 amide bonds. The lowest BCUT2D eigenvalue weighted by atomic mass is 10.1. The number of nitrogens with zero attached hydrogens (tertiary/aromatic N) is 1. The van der Waals surface area contributed by atoms with Gasteiger partial charge in [0.05, 0.1) is 17.7 Å². The van der Waals surface area contributed by atoms with Crippen molar-refractivity contribution in [1.29, 1.82) is 0 Å². The van der Waals surface area contributed by atoms with Crippen molar-refractivity contribution in [3.63, 3.8) is 0 Å². The summed E-state index contributed by atoms with van der Waals surface area (Å²) in [5, 5.41) is 0. The standard InChI is InChI=1S/C12H10ClNO2/c1-8(6-13)7-14-11(15)9-4-2-3-5-10(9)12(14)16/h2-6H,7H2,1H3/b8-6-. The van der Waals surface area contributed by atoms with Crippen molar-refractivity contribution in [3.8, 4) is 0 Å². The number of imide groups is 1. The van der Waals surface area contributed by atoms with E-state index in [2.05, 4.69) is 0 Å². The third-order valence-electron chi connectivity index (χ3n) is 2.47. The van der Waals surface area contributed by atoms with Gasteiger partial charge in [-0.25, -0.2) is 0 Å². The van der Waals surface area contributed by atoms with Crippen LogP contribution in [0.4, 0.5) is 0 Å². The van der Waals surface area contributed by atoms with Gasteiger partial charge in [-0.05, 0) is 24.6 Å². The van der Waals surface area contributed by atoms with Crippen molar-refractivity contribution in [2.24, 2.45) is 0 Å². The van der Waals surface area contributed by atoms with Crippen LogP contribution < -0.4 is 0 Å². The third kappa shape index (κ3) is 1.63. The SMILES string of the molecule is C/C(=C/Cl)CN1C(=O)c2ccccc2C1=O. The zero-order valence-corrected chi connectivity index (χ0v) is 9.49. The van der Waals surface area contributed by atoms with Crippen LogP contribution in [0, 0.1) is 0 Å². The van der Waals surface area contributed by atoms with Gasteiger partial charge in [0.2, 0.25) is 0 Å². The van der Waals surface area contributed by atoms with E-state index in [4.69, 9.17) is 11.6 Å². The summed E-state index contributed by atoms with van der Waals surface area (Å²) in [6.45, 7) is 2.02. The number of benzene rings is 1. The summed E-state index contributed by atoms with van der Waals surface area (Å²) in [7, 11) is 0. The molecule has 1 heterocycles. The molecule has 0 unspecified atom stereocenters. The first-order valence-corrected chi connectivity index (χ1v) is 5.30. The molecule has 4 heteroatoms. The van der Waals surface area contributed by atoms with Gasteiger partial charge in [0, 0.05) is 5.54 Å². The molecule has 0 radical (unpaired) electrons. The number of hydrogen-bond acceptors (Lipinski definition) is 2. The molecule has 0 aromatic heterocycles. The average Bonchev–Trinajstić information content (AvgIpc) is 2.55. The minimum Gasteiger partial charge on any atom is -0.270 e. The van der Waals surface area contributed by atoms with Crippen LogP contribution in [0.2, 0.25) is 0 Å². The summed E-state index contributed by atoms with van der Waals surface area (Å²) in [5.74, 6) is -0.503. The Morgan fingerprint density at radius 2 is 1.75 bits per heavy atom. The molecule has 0 bridgehead atoms. The molecule has 1 aliphatic rings. The minimum atomic E-state index is -0.251. The summed E-state index contributed by atoms with van der Waals surface area (Å²) in [6, 6.07) is 6.82. The van der Waals surface area contributed by atoms with E-state index in [-0.39, 0.29) is 18.4 Å². The average molecular weight is 236 g/mol. The van der Waals surface area contributed by atoms with Crippen LogP contribution in [-0.4, -0.2) is 23.3 Å². The van der Waals surface area contributed by atoms with Gasteiger partial charge >= 0.3 is 0 Å². The van der Waals surface area contributed by atoms with Crippen LogP contribution in [0.1, 0.15) is 27.6 Å². The molecule has 0 N–H and O–H groups in total. The van der Waals surface area contributed by atoms with Crippen LogP contribution >= 0.6 is 11.6 Å². The predicted molar refractivity (Wildman–Crippen MR) is 61.4 cm³/mol. The van der Waals surface area contributed by atoms with Gasteiger partial charge in [-0.15, -0.1) is 0 Å². The number of halogens is 1. The number of carbonyl (C=O) groups is 2. The van der Waals surface area contributed by atoms with Crippen LogP contribution in [-0.2, 0) is 0 Å². The first-order chi connectivity index (χ1) is 7.65. The van der Waals surface area contributed by atoms with E-state index in [0.717, 1.165) is 5.57 Å². The zero-order valence-electron chi connectivity index (χ0n) is 8.74. The Kier molecular flexibility index (Phi) is 2.79. The molecule has 0 atom stereocenters. The maximum Gasteiger partial charge on any atom is 0.261 e. The topological polar surface area (TPSA) is 37.4 Å². The molecule has 1 aliphatic heterocycles. The molecule has 0 saturated carbocycles. The predicted octanol–water partition coefficient (Wildman–Crippen LogP) is 2.43. The van der Waals surface area contributed by atoms with Crippen molar-refractivity contribution >= 4 is 23.4 Å². The van der Waals surface area contributed by atoms with E-state index in [1.165, 1.54) is 10.4 Å². The summed E-state index contributed by atoms with van der Waals surface area (Å²) in [4.78, 5) is 25.0. The van der Waals surface area contributed by atoms with Gasteiger partial charge in [-0.1, -0.05) is 23.7 Å². The van der Waals surface area contributed by atoms with E-state index in [1.54, 1.807) is 31.2 Å². The van der Waals surface area contributed by atoms with Crippen LogP contribution in [0.15, 0.2) is 35.4 Å². The Balaban J connectivity index is 2.35. The highest BCUT2D eigenvalue weighted by atomic mass is 35.5. The van der Waals surface area contributed by atoms with Crippen LogP contribution in [0.5, 0.6) is 0 Å². The Hall–Kier alpha value is -1.61. The van der Waals surface area contributed by atoms with Gasteiger partial charge in [0.15, 0.2) is 0 Å². The summed E-state index contributed by atoms with van der Waals surface area (Å²) >= 11 is 5.53. The second kappa shape index (κ2) is 4.10. The lowest BCUT2D eigenvalue weighted by molar-refractivity contribution is 0.0668. The van der Waals surface area contributed by atoms with E-state index in [0.29, 0.717) is 11.1 Å². The fourth-order valence-electron chi connectivity index (χ4n) is 1.67. The summed E-state index contributed by atoms with van der Waals surface area (Å²) < 4.78 is 0. The summed E-state index contributed by atoms with van der Waals surface area (Å²) in [6.07, 6.45) is 0. The highest BCUT2D eigenvalue weighted by Crippen LogP contribution is 2.23. The fourth-order valence-corrected chi connectivity index (χ4v) is 1.74. The number of fused-ring (bicyclic) bond motifs is 1. The molecule has 16 heavy (non-hydrogen) atoms. The van der Waals surface area contributed by atoms with Crippen molar-refractivity contribution in [2.75, 3.05) is 6.54 Å². The number of carbonyl (C=O) groups excluding carboxylic acids is 2. The van der Waals surface area contributed by atoms with Gasteiger partial charge < -0.3 is 0 Å². The Morgan fingerprint density at radius 3 is 2.19 bits per heavy atom. The first-order valence-electron chi connectivity index (χ1n) is 4.86. The van der Waals surface area contributed by atoms with E-state index in [9.17, 15) is 9.59 Å². The maximum absolute atomic E-state index is 11.9. The third-order valence-corrected chi connectivity index (χ3v) is 2.84. The first kappa shape index (κ1) is 10.9. The van der Waals surface area contributed by atoms with Gasteiger partial charge in [-0.2, -0.15) is 0 Å². The minimum absolute atomic E-state index is 0.246. The highest BCUT2D eigenvalue weighted by molar-refractivity contribution is 6.26. The van der Waals surface area contributed by atoms with Crippen LogP contribution in [0.25, 0.3) is 0 Å². The molecule has 0 aliphatic carbocycles. The van der Waals surface area contributed by atoms with Crippen molar-refractivity contribution in [1.82, 2.24) is 4.90 Å². The zero-order chi connectivity index (χ0) is 11.7. The number of rotatable bonds is 2. The molecule has 0 fully saturated rings. The monoisotopic (exact) mass is 235 g/mol. The molecule has 2 rings (SSSR count). The Bertz CT molecular complexity index is 459. The van der Waals surface area contributed by atoms with E-state index >= 15 is 0 Å². The second-order valence-corrected chi connectivity index (χ2v) is 3.92. The van der Waals surface area contributed by atoms with Crippen molar-refractivity contribution < 1.29 is 9.59 Å². The summed E-state index contributed by atoms with van der Waals surface area (Å²) in [5.41, 5.74) is 3.09. The van der Waals surface area contributed by atoms with Gasteiger partial charge in [0.1, 0.15) is 0 Å². The van der Waals surface area contributed by atoms with Crippen molar-refractivity contribution in [3.05, 3.63) is 46.5 Å². The maximum atomic E-state index is 11.9. The Labute approximate surface area is 98.3 Å². The molecular weight excluding hydrogens is 226 g/mol. The van der Waals surface area contributed by atoms with E-state index < -0.39 is 0 Å². The number of hydrogen-bond donors (Lipinski definition) is 0. The molecule has 82 valence electrons. The number of amides is 2. The molecule has 3 nitrogen and oxygen atoms in total. The molecule has 0 spiro atoms. The fraction of sp³-hybridized carbons (Fsp3) is 0.167. The second-order valence-electron chi connectivity index (χ2n) is 3.70. The van der Waals surface area contributed by atoms with Crippen LogP contribution in [0.3, 0.4) is 0 Å². The smallest absolute Gasteiger partial charge is 0.261 e. The molecule has 0 saturated heterocycles.